The summed E-state index contributed by atoms with van der Waals surface area (Å²) in [6.45, 7) is 1.37. The van der Waals surface area contributed by atoms with Gasteiger partial charge in [-0.3, -0.25) is 0 Å². The number of ether oxygens (including phenoxy) is 1. The number of piperidine rings is 1. The Labute approximate surface area is 166 Å². The SMILES string of the molecule is O=C(OC(Cn1ncnn1)c1ccccc1Cl)N1CCC(n2nccn2)CC1. The van der Waals surface area contributed by atoms with Gasteiger partial charge >= 0.3 is 6.09 Å². The fourth-order valence-corrected chi connectivity index (χ4v) is 3.50. The Hall–Kier alpha value is -3.01. The minimum atomic E-state index is -0.624. The quantitative estimate of drug-likeness (QED) is 0.643. The van der Waals surface area contributed by atoms with Gasteiger partial charge in [0.1, 0.15) is 6.54 Å². The van der Waals surface area contributed by atoms with E-state index in [0.29, 0.717) is 23.7 Å². The second kappa shape index (κ2) is 8.34. The summed E-state index contributed by atoms with van der Waals surface area (Å²) in [6, 6.07) is 7.45. The summed E-state index contributed by atoms with van der Waals surface area (Å²) in [5.41, 5.74) is 0.699. The number of halogens is 1. The number of likely N-dealkylation sites (tertiary alicyclic amines) is 1. The minimum Gasteiger partial charge on any atom is -0.439 e. The van der Waals surface area contributed by atoms with Crippen LogP contribution in [0.15, 0.2) is 43.0 Å². The lowest BCUT2D eigenvalue weighted by Gasteiger charge is -2.32. The molecule has 146 valence electrons. The van der Waals surface area contributed by atoms with E-state index in [1.807, 2.05) is 18.2 Å². The molecule has 3 aromatic rings. The molecule has 28 heavy (non-hydrogen) atoms. The maximum atomic E-state index is 12.8. The van der Waals surface area contributed by atoms with Crippen LogP contribution in [-0.2, 0) is 11.3 Å². The molecule has 3 heterocycles. The lowest BCUT2D eigenvalue weighted by atomic mass is 10.1. The van der Waals surface area contributed by atoms with Gasteiger partial charge in [-0.05, 0) is 24.1 Å². The largest absolute Gasteiger partial charge is 0.439 e. The van der Waals surface area contributed by atoms with Crippen molar-refractivity contribution in [2.75, 3.05) is 13.1 Å². The van der Waals surface area contributed by atoms with E-state index in [4.69, 9.17) is 16.3 Å². The van der Waals surface area contributed by atoms with Crippen molar-refractivity contribution >= 4 is 17.7 Å². The summed E-state index contributed by atoms with van der Waals surface area (Å²) >= 11 is 6.32. The lowest BCUT2D eigenvalue weighted by Crippen LogP contribution is -2.40. The topological polar surface area (TPSA) is 104 Å². The van der Waals surface area contributed by atoms with Gasteiger partial charge in [-0.15, -0.1) is 10.2 Å². The molecule has 1 aliphatic heterocycles. The van der Waals surface area contributed by atoms with Crippen LogP contribution in [-0.4, -0.2) is 59.3 Å². The smallest absolute Gasteiger partial charge is 0.410 e. The van der Waals surface area contributed by atoms with E-state index >= 15 is 0 Å². The summed E-state index contributed by atoms with van der Waals surface area (Å²) in [4.78, 5) is 17.5. The van der Waals surface area contributed by atoms with Crippen LogP contribution in [0.5, 0.6) is 0 Å². The van der Waals surface area contributed by atoms with E-state index in [0.717, 1.165) is 12.8 Å². The molecule has 0 bridgehead atoms. The molecular formula is C17H19ClN8O2. The molecule has 10 nitrogen and oxygen atoms in total. The fourth-order valence-electron chi connectivity index (χ4n) is 3.25. The second-order valence-electron chi connectivity index (χ2n) is 6.45. The number of hydrogen-bond acceptors (Lipinski definition) is 7. The number of benzene rings is 1. The Bertz CT molecular complexity index is 894. The van der Waals surface area contributed by atoms with Crippen LogP contribution in [0.4, 0.5) is 4.79 Å². The van der Waals surface area contributed by atoms with Crippen LogP contribution in [0.2, 0.25) is 5.02 Å². The first-order valence-electron chi connectivity index (χ1n) is 8.97. The highest BCUT2D eigenvalue weighted by Crippen LogP contribution is 2.28. The molecule has 1 aromatic carbocycles. The standard InChI is InChI=1S/C17H19ClN8O2/c18-15-4-2-1-3-14(15)16(11-25-22-12-19-23-25)28-17(27)24-9-5-13(6-10-24)26-20-7-8-21-26/h1-4,7-8,12-13,16H,5-6,9-11H2. The first-order valence-corrected chi connectivity index (χ1v) is 9.35. The van der Waals surface area contributed by atoms with Gasteiger partial charge in [0, 0.05) is 23.7 Å². The predicted octanol–water partition coefficient (Wildman–Crippen LogP) is 2.13. The molecule has 1 unspecified atom stereocenters. The van der Waals surface area contributed by atoms with Gasteiger partial charge in [-0.25, -0.2) is 4.79 Å². The molecule has 0 N–H and O–H groups in total. The van der Waals surface area contributed by atoms with E-state index in [9.17, 15) is 4.79 Å². The zero-order valence-electron chi connectivity index (χ0n) is 15.0. The molecule has 1 amide bonds. The molecule has 1 atom stereocenters. The Morgan fingerprint density at radius 1 is 1.18 bits per heavy atom. The molecule has 1 fully saturated rings. The summed E-state index contributed by atoms with van der Waals surface area (Å²) in [5.74, 6) is 0. The van der Waals surface area contributed by atoms with Crippen LogP contribution in [0.1, 0.15) is 30.6 Å². The average molecular weight is 403 g/mol. The Balaban J connectivity index is 1.43. The van der Waals surface area contributed by atoms with Crippen LogP contribution in [0.25, 0.3) is 0 Å². The number of carbonyl (C=O) groups is 1. The van der Waals surface area contributed by atoms with E-state index in [1.54, 1.807) is 28.2 Å². The zero-order chi connectivity index (χ0) is 19.3. The van der Waals surface area contributed by atoms with Gasteiger partial charge in [0.15, 0.2) is 12.4 Å². The molecule has 0 radical (unpaired) electrons. The molecule has 2 aromatic heterocycles. The maximum absolute atomic E-state index is 12.8. The number of rotatable bonds is 5. The molecule has 0 saturated carbocycles. The monoisotopic (exact) mass is 402 g/mol. The van der Waals surface area contributed by atoms with E-state index in [-0.39, 0.29) is 12.6 Å². The van der Waals surface area contributed by atoms with Gasteiger partial charge in [0.25, 0.3) is 0 Å². The molecule has 4 rings (SSSR count). The third kappa shape index (κ3) is 4.11. The highest BCUT2D eigenvalue weighted by atomic mass is 35.5. The molecule has 1 aliphatic rings. The minimum absolute atomic E-state index is 0.192. The summed E-state index contributed by atoms with van der Waals surface area (Å²) in [7, 11) is 0. The average Bonchev–Trinajstić information content (AvgIpc) is 3.42. The Morgan fingerprint density at radius 3 is 2.61 bits per heavy atom. The van der Waals surface area contributed by atoms with Crippen molar-refractivity contribution in [2.45, 2.75) is 31.5 Å². The second-order valence-corrected chi connectivity index (χ2v) is 6.86. The summed E-state index contributed by atoms with van der Waals surface area (Å²) < 4.78 is 5.79. The van der Waals surface area contributed by atoms with Crippen LogP contribution in [0.3, 0.4) is 0 Å². The van der Waals surface area contributed by atoms with Crippen LogP contribution < -0.4 is 0 Å². The van der Waals surface area contributed by atoms with Crippen molar-refractivity contribution in [3.8, 4) is 0 Å². The van der Waals surface area contributed by atoms with E-state index < -0.39 is 12.2 Å². The lowest BCUT2D eigenvalue weighted by molar-refractivity contribution is 0.0414. The van der Waals surface area contributed by atoms with Gasteiger partial charge in [-0.2, -0.15) is 19.8 Å². The Kier molecular flexibility index (Phi) is 5.47. The highest BCUT2D eigenvalue weighted by molar-refractivity contribution is 6.31. The molecule has 0 spiro atoms. The number of hydrogen-bond donors (Lipinski definition) is 0. The number of carbonyl (C=O) groups excluding carboxylic acids is 1. The number of tetrazole rings is 1. The van der Waals surface area contributed by atoms with Crippen LogP contribution >= 0.6 is 11.6 Å². The van der Waals surface area contributed by atoms with Crippen molar-refractivity contribution in [1.29, 1.82) is 0 Å². The van der Waals surface area contributed by atoms with Crippen molar-refractivity contribution in [3.63, 3.8) is 0 Å². The normalized spacial score (nSPS) is 16.1. The fraction of sp³-hybridized carbons (Fsp3) is 0.412. The van der Waals surface area contributed by atoms with Crippen molar-refractivity contribution in [1.82, 2.24) is 40.1 Å². The van der Waals surface area contributed by atoms with E-state index in [2.05, 4.69) is 25.6 Å². The number of aromatic nitrogens is 7. The number of nitrogens with zero attached hydrogens (tertiary/aromatic N) is 8. The number of amides is 1. The van der Waals surface area contributed by atoms with Crippen molar-refractivity contribution in [3.05, 3.63) is 53.6 Å². The highest BCUT2D eigenvalue weighted by Gasteiger charge is 2.28. The van der Waals surface area contributed by atoms with Crippen molar-refractivity contribution in [2.24, 2.45) is 0 Å². The van der Waals surface area contributed by atoms with E-state index in [1.165, 1.54) is 11.1 Å². The maximum Gasteiger partial charge on any atom is 0.410 e. The first-order chi connectivity index (χ1) is 13.7. The Morgan fingerprint density at radius 2 is 1.93 bits per heavy atom. The van der Waals surface area contributed by atoms with Gasteiger partial charge in [-0.1, -0.05) is 29.8 Å². The van der Waals surface area contributed by atoms with Crippen LogP contribution in [0, 0.1) is 0 Å². The zero-order valence-corrected chi connectivity index (χ0v) is 15.8. The summed E-state index contributed by atoms with van der Waals surface area (Å²) in [5, 5.41) is 20.4. The molecule has 0 aliphatic carbocycles. The van der Waals surface area contributed by atoms with Gasteiger partial charge in [0.05, 0.1) is 18.4 Å². The molecule has 1 saturated heterocycles. The van der Waals surface area contributed by atoms with Gasteiger partial charge in [0.2, 0.25) is 0 Å². The summed E-state index contributed by atoms with van der Waals surface area (Å²) in [6.07, 6.45) is 5.17. The third-order valence-electron chi connectivity index (χ3n) is 4.70. The predicted molar refractivity (Wildman–Crippen MR) is 98.4 cm³/mol. The van der Waals surface area contributed by atoms with Gasteiger partial charge < -0.3 is 9.64 Å². The third-order valence-corrected chi connectivity index (χ3v) is 5.05. The van der Waals surface area contributed by atoms with Crippen molar-refractivity contribution < 1.29 is 9.53 Å². The molecule has 11 heteroatoms. The first kappa shape index (κ1) is 18.4. The molecular weight excluding hydrogens is 384 g/mol.